The van der Waals surface area contributed by atoms with Crippen LogP contribution in [0, 0.1) is 0 Å². The molecular weight excluding hydrogens is 274 g/mol. The SMILES string of the molecule is CCCCCCc1ccc(C(=CN(C)C)C(=O)OCC)cc1. The highest BCUT2D eigenvalue weighted by Gasteiger charge is 2.13. The van der Waals surface area contributed by atoms with Crippen molar-refractivity contribution in [3.05, 3.63) is 41.6 Å². The van der Waals surface area contributed by atoms with E-state index >= 15 is 0 Å². The van der Waals surface area contributed by atoms with Crippen LogP contribution in [-0.4, -0.2) is 31.6 Å². The molecule has 3 heteroatoms. The summed E-state index contributed by atoms with van der Waals surface area (Å²) in [7, 11) is 3.81. The summed E-state index contributed by atoms with van der Waals surface area (Å²) >= 11 is 0. The summed E-state index contributed by atoms with van der Waals surface area (Å²) in [6.45, 7) is 4.44. The summed E-state index contributed by atoms with van der Waals surface area (Å²) in [5.41, 5.74) is 2.83. The number of carbonyl (C=O) groups is 1. The van der Waals surface area contributed by atoms with Crippen molar-refractivity contribution < 1.29 is 9.53 Å². The zero-order chi connectivity index (χ0) is 16.4. The third kappa shape index (κ3) is 6.33. The van der Waals surface area contributed by atoms with Gasteiger partial charge in [-0.2, -0.15) is 0 Å². The molecule has 0 bridgehead atoms. The number of unbranched alkanes of at least 4 members (excludes halogenated alkanes) is 3. The van der Waals surface area contributed by atoms with E-state index in [2.05, 4.69) is 19.1 Å². The van der Waals surface area contributed by atoms with Crippen molar-refractivity contribution in [2.24, 2.45) is 0 Å². The standard InChI is InChI=1S/C19H29NO2/c1-5-7-8-9-10-16-11-13-17(14-12-16)18(15-20(3)4)19(21)22-6-2/h11-15H,5-10H2,1-4H3. The maximum absolute atomic E-state index is 12.1. The number of esters is 1. The van der Waals surface area contributed by atoms with Crippen LogP contribution in [0.2, 0.25) is 0 Å². The molecule has 0 saturated carbocycles. The number of rotatable bonds is 9. The van der Waals surface area contributed by atoms with Gasteiger partial charge in [0.25, 0.3) is 0 Å². The molecule has 0 fully saturated rings. The number of hydrogen-bond acceptors (Lipinski definition) is 3. The molecule has 0 heterocycles. The smallest absolute Gasteiger partial charge is 0.340 e. The molecule has 0 aliphatic carbocycles. The number of carbonyl (C=O) groups excluding carboxylic acids is 1. The van der Waals surface area contributed by atoms with Crippen molar-refractivity contribution in [3.63, 3.8) is 0 Å². The van der Waals surface area contributed by atoms with Gasteiger partial charge in [-0.15, -0.1) is 0 Å². The molecule has 0 aromatic heterocycles. The molecule has 0 radical (unpaired) electrons. The molecule has 3 nitrogen and oxygen atoms in total. The maximum Gasteiger partial charge on any atom is 0.340 e. The van der Waals surface area contributed by atoms with Crippen molar-refractivity contribution >= 4 is 11.5 Å². The Morgan fingerprint density at radius 1 is 1.09 bits per heavy atom. The minimum Gasteiger partial charge on any atom is -0.462 e. The van der Waals surface area contributed by atoms with Gasteiger partial charge in [-0.25, -0.2) is 4.79 Å². The second-order valence-corrected chi connectivity index (χ2v) is 5.73. The lowest BCUT2D eigenvalue weighted by Crippen LogP contribution is -2.11. The van der Waals surface area contributed by atoms with Gasteiger partial charge in [-0.05, 0) is 30.9 Å². The first-order valence-corrected chi connectivity index (χ1v) is 8.23. The highest BCUT2D eigenvalue weighted by Crippen LogP contribution is 2.18. The molecule has 0 N–H and O–H groups in total. The van der Waals surface area contributed by atoms with Crippen LogP contribution < -0.4 is 0 Å². The van der Waals surface area contributed by atoms with Crippen LogP contribution in [-0.2, 0) is 16.0 Å². The predicted molar refractivity (Wildman–Crippen MR) is 92.6 cm³/mol. The zero-order valence-electron chi connectivity index (χ0n) is 14.4. The average molecular weight is 303 g/mol. The van der Waals surface area contributed by atoms with E-state index in [9.17, 15) is 4.79 Å². The summed E-state index contributed by atoms with van der Waals surface area (Å²) in [5.74, 6) is -0.271. The Balaban J connectivity index is 2.78. The van der Waals surface area contributed by atoms with E-state index in [-0.39, 0.29) is 5.97 Å². The minimum atomic E-state index is -0.271. The molecule has 0 unspecified atom stereocenters. The molecule has 122 valence electrons. The zero-order valence-corrected chi connectivity index (χ0v) is 14.4. The highest BCUT2D eigenvalue weighted by atomic mass is 16.5. The molecule has 0 atom stereocenters. The van der Waals surface area contributed by atoms with Gasteiger partial charge in [-0.1, -0.05) is 50.5 Å². The maximum atomic E-state index is 12.1. The van der Waals surface area contributed by atoms with E-state index in [0.29, 0.717) is 12.2 Å². The summed E-state index contributed by atoms with van der Waals surface area (Å²) in [4.78, 5) is 14.0. The molecule has 1 aromatic carbocycles. The monoisotopic (exact) mass is 303 g/mol. The van der Waals surface area contributed by atoms with Crippen LogP contribution in [0.3, 0.4) is 0 Å². The minimum absolute atomic E-state index is 0.271. The molecular formula is C19H29NO2. The van der Waals surface area contributed by atoms with Crippen LogP contribution in [0.1, 0.15) is 50.7 Å². The van der Waals surface area contributed by atoms with E-state index < -0.39 is 0 Å². The lowest BCUT2D eigenvalue weighted by Gasteiger charge is -2.12. The Kier molecular flexibility index (Phi) is 8.34. The molecule has 1 aromatic rings. The van der Waals surface area contributed by atoms with E-state index in [1.807, 2.05) is 44.3 Å². The summed E-state index contributed by atoms with van der Waals surface area (Å²) in [6.07, 6.45) is 7.99. The number of hydrogen-bond donors (Lipinski definition) is 0. The van der Waals surface area contributed by atoms with Crippen LogP contribution in [0.25, 0.3) is 5.57 Å². The number of nitrogens with zero attached hydrogens (tertiary/aromatic N) is 1. The highest BCUT2D eigenvalue weighted by molar-refractivity contribution is 6.16. The second kappa shape index (κ2) is 10.0. The van der Waals surface area contributed by atoms with E-state index in [0.717, 1.165) is 12.0 Å². The fourth-order valence-electron chi connectivity index (χ4n) is 2.32. The molecule has 0 amide bonds. The van der Waals surface area contributed by atoms with Gasteiger partial charge in [0.15, 0.2) is 0 Å². The van der Waals surface area contributed by atoms with Crippen molar-refractivity contribution in [1.82, 2.24) is 4.90 Å². The Hall–Kier alpha value is -1.77. The van der Waals surface area contributed by atoms with Crippen LogP contribution in [0.15, 0.2) is 30.5 Å². The Labute approximate surface area is 135 Å². The molecule has 22 heavy (non-hydrogen) atoms. The number of aryl methyl sites for hydroxylation is 1. The van der Waals surface area contributed by atoms with E-state index in [1.54, 1.807) is 0 Å². The van der Waals surface area contributed by atoms with Gasteiger partial charge in [0.2, 0.25) is 0 Å². The number of ether oxygens (including phenoxy) is 1. The van der Waals surface area contributed by atoms with Crippen molar-refractivity contribution in [2.75, 3.05) is 20.7 Å². The Bertz CT molecular complexity index is 475. The summed E-state index contributed by atoms with van der Waals surface area (Å²) < 4.78 is 5.15. The van der Waals surface area contributed by atoms with Crippen LogP contribution in [0.5, 0.6) is 0 Å². The van der Waals surface area contributed by atoms with Gasteiger partial charge in [0, 0.05) is 20.3 Å². The second-order valence-electron chi connectivity index (χ2n) is 5.73. The average Bonchev–Trinajstić information content (AvgIpc) is 2.50. The van der Waals surface area contributed by atoms with E-state index in [4.69, 9.17) is 4.74 Å². The fraction of sp³-hybridized carbons (Fsp3) is 0.526. The van der Waals surface area contributed by atoms with E-state index in [1.165, 1.54) is 31.2 Å². The summed E-state index contributed by atoms with van der Waals surface area (Å²) in [6, 6.07) is 8.26. The van der Waals surface area contributed by atoms with Gasteiger partial charge >= 0.3 is 5.97 Å². The molecule has 0 spiro atoms. The quantitative estimate of drug-likeness (QED) is 0.387. The number of benzene rings is 1. The van der Waals surface area contributed by atoms with Gasteiger partial charge < -0.3 is 9.64 Å². The molecule has 1 rings (SSSR count). The van der Waals surface area contributed by atoms with Gasteiger partial charge in [-0.3, -0.25) is 0 Å². The van der Waals surface area contributed by atoms with Gasteiger partial charge in [0.1, 0.15) is 0 Å². The largest absolute Gasteiger partial charge is 0.462 e. The third-order valence-electron chi connectivity index (χ3n) is 3.47. The third-order valence-corrected chi connectivity index (χ3v) is 3.47. The topological polar surface area (TPSA) is 29.5 Å². The molecule has 0 aliphatic heterocycles. The van der Waals surface area contributed by atoms with Crippen molar-refractivity contribution in [1.29, 1.82) is 0 Å². The predicted octanol–water partition coefficient (Wildman–Crippen LogP) is 4.28. The Morgan fingerprint density at radius 3 is 2.32 bits per heavy atom. The lowest BCUT2D eigenvalue weighted by molar-refractivity contribution is -0.136. The lowest BCUT2D eigenvalue weighted by atomic mass is 10.0. The summed E-state index contributed by atoms with van der Waals surface area (Å²) in [5, 5.41) is 0. The van der Waals surface area contributed by atoms with Crippen molar-refractivity contribution in [2.45, 2.75) is 46.0 Å². The Morgan fingerprint density at radius 2 is 1.77 bits per heavy atom. The van der Waals surface area contributed by atoms with Gasteiger partial charge in [0.05, 0.1) is 12.2 Å². The fourth-order valence-corrected chi connectivity index (χ4v) is 2.32. The first-order valence-electron chi connectivity index (χ1n) is 8.23. The van der Waals surface area contributed by atoms with Crippen molar-refractivity contribution in [3.8, 4) is 0 Å². The molecule has 0 aliphatic rings. The first kappa shape index (κ1) is 18.3. The van der Waals surface area contributed by atoms with Crippen LogP contribution in [0.4, 0.5) is 0 Å². The first-order chi connectivity index (χ1) is 10.6. The normalized spacial score (nSPS) is 11.4. The van der Waals surface area contributed by atoms with Crippen LogP contribution >= 0.6 is 0 Å². The molecule has 0 saturated heterocycles.